The summed E-state index contributed by atoms with van der Waals surface area (Å²) in [6.07, 6.45) is 9.49. The number of nitrogens with zero attached hydrogens (tertiary/aromatic N) is 1. The lowest BCUT2D eigenvalue weighted by Crippen LogP contribution is -2.49. The van der Waals surface area contributed by atoms with Crippen molar-refractivity contribution in [3.63, 3.8) is 0 Å². The molecular formula is C12H21NSi. The van der Waals surface area contributed by atoms with Gasteiger partial charge in [0.2, 0.25) is 0 Å². The Morgan fingerprint density at radius 2 is 2.14 bits per heavy atom. The second kappa shape index (κ2) is 2.95. The third-order valence-electron chi connectivity index (χ3n) is 5.13. The Balaban J connectivity index is 1.85. The molecule has 0 spiro atoms. The molecule has 0 aromatic rings. The Bertz CT molecular complexity index is 275. The van der Waals surface area contributed by atoms with Crippen LogP contribution in [0.5, 0.6) is 0 Å². The van der Waals surface area contributed by atoms with Crippen molar-refractivity contribution in [3.05, 3.63) is 12.2 Å². The first-order chi connectivity index (χ1) is 6.70. The van der Waals surface area contributed by atoms with E-state index >= 15 is 0 Å². The van der Waals surface area contributed by atoms with Gasteiger partial charge in [-0.3, -0.25) is 0 Å². The monoisotopic (exact) mass is 207 g/mol. The number of hydrogen-bond acceptors (Lipinski definition) is 1. The maximum Gasteiger partial charge on any atom is 0.128 e. The fraction of sp³-hybridized carbons (Fsp3) is 0.833. The van der Waals surface area contributed by atoms with Gasteiger partial charge in [-0.15, -0.1) is 0 Å². The minimum Gasteiger partial charge on any atom is -0.326 e. The maximum atomic E-state index is 2.76. The van der Waals surface area contributed by atoms with Gasteiger partial charge in [-0.05, 0) is 56.3 Å². The van der Waals surface area contributed by atoms with Gasteiger partial charge in [0.15, 0.2) is 0 Å². The standard InChI is InChI=1S/C12H21NSi/c1-13-6-3-7-14(13,2)12-9-10-4-5-11(12)8-10/h4-5,10-12H,3,6-9H2,1-2H3. The zero-order valence-electron chi connectivity index (χ0n) is 9.37. The van der Waals surface area contributed by atoms with Crippen molar-refractivity contribution >= 4 is 8.24 Å². The largest absolute Gasteiger partial charge is 0.326 e. The van der Waals surface area contributed by atoms with E-state index in [1.165, 1.54) is 25.8 Å². The highest BCUT2D eigenvalue weighted by Crippen LogP contribution is 2.54. The third-order valence-corrected chi connectivity index (χ3v) is 10.7. The van der Waals surface area contributed by atoms with Crippen molar-refractivity contribution in [1.82, 2.24) is 4.57 Å². The molecule has 2 fully saturated rings. The van der Waals surface area contributed by atoms with E-state index in [0.29, 0.717) is 0 Å². The van der Waals surface area contributed by atoms with Crippen LogP contribution >= 0.6 is 0 Å². The van der Waals surface area contributed by atoms with Gasteiger partial charge in [0.25, 0.3) is 0 Å². The lowest BCUT2D eigenvalue weighted by atomic mass is 10.1. The first-order valence-corrected chi connectivity index (χ1v) is 8.83. The molecule has 0 amide bonds. The number of hydrogen-bond donors (Lipinski definition) is 0. The van der Waals surface area contributed by atoms with Crippen LogP contribution in [-0.4, -0.2) is 26.4 Å². The summed E-state index contributed by atoms with van der Waals surface area (Å²) in [5.41, 5.74) is 1.09. The summed E-state index contributed by atoms with van der Waals surface area (Å²) >= 11 is 0. The minimum absolute atomic E-state index is 0.961. The molecule has 2 aliphatic carbocycles. The Morgan fingerprint density at radius 1 is 1.29 bits per heavy atom. The molecule has 78 valence electrons. The molecule has 2 heteroatoms. The first kappa shape index (κ1) is 9.17. The topological polar surface area (TPSA) is 3.24 Å². The molecule has 3 rings (SSSR count). The van der Waals surface area contributed by atoms with Crippen LogP contribution in [0.3, 0.4) is 0 Å². The smallest absolute Gasteiger partial charge is 0.128 e. The van der Waals surface area contributed by atoms with Crippen molar-refractivity contribution in [2.75, 3.05) is 13.6 Å². The van der Waals surface area contributed by atoms with Crippen molar-refractivity contribution in [2.24, 2.45) is 11.8 Å². The molecule has 1 saturated carbocycles. The van der Waals surface area contributed by atoms with Gasteiger partial charge in [-0.2, -0.15) is 0 Å². The molecule has 14 heavy (non-hydrogen) atoms. The summed E-state index contributed by atoms with van der Waals surface area (Å²) in [6, 6.07) is 1.56. The van der Waals surface area contributed by atoms with Crippen LogP contribution in [-0.2, 0) is 0 Å². The summed E-state index contributed by atoms with van der Waals surface area (Å²) in [7, 11) is 1.36. The van der Waals surface area contributed by atoms with E-state index in [1.54, 1.807) is 6.04 Å². The zero-order valence-corrected chi connectivity index (χ0v) is 10.4. The Kier molecular flexibility index (Phi) is 1.93. The Morgan fingerprint density at radius 3 is 2.64 bits per heavy atom. The van der Waals surface area contributed by atoms with E-state index in [-0.39, 0.29) is 0 Å². The first-order valence-electron chi connectivity index (χ1n) is 6.10. The van der Waals surface area contributed by atoms with Gasteiger partial charge < -0.3 is 4.57 Å². The van der Waals surface area contributed by atoms with Crippen LogP contribution in [0.2, 0.25) is 18.1 Å². The van der Waals surface area contributed by atoms with Gasteiger partial charge in [-0.25, -0.2) is 0 Å². The summed E-state index contributed by atoms with van der Waals surface area (Å²) in [5, 5.41) is 0. The van der Waals surface area contributed by atoms with Gasteiger partial charge in [0.05, 0.1) is 0 Å². The molecule has 0 aromatic carbocycles. The van der Waals surface area contributed by atoms with Crippen molar-refractivity contribution in [3.8, 4) is 0 Å². The fourth-order valence-corrected chi connectivity index (χ4v) is 8.93. The van der Waals surface area contributed by atoms with Crippen LogP contribution in [0.4, 0.5) is 0 Å². The highest BCUT2D eigenvalue weighted by atomic mass is 28.3. The van der Waals surface area contributed by atoms with Crippen LogP contribution in [0.1, 0.15) is 19.3 Å². The SMILES string of the molecule is CN1CCC[Si]1(C)C1CC2C=CC1C2. The summed E-state index contributed by atoms with van der Waals surface area (Å²) < 4.78 is 2.76. The number of rotatable bonds is 1. The molecule has 4 unspecified atom stereocenters. The third kappa shape index (κ3) is 1.10. The second-order valence-corrected chi connectivity index (χ2v) is 10.5. The van der Waals surface area contributed by atoms with Crippen LogP contribution in [0.15, 0.2) is 12.2 Å². The van der Waals surface area contributed by atoms with E-state index in [1.807, 2.05) is 0 Å². The van der Waals surface area contributed by atoms with E-state index in [9.17, 15) is 0 Å². The van der Waals surface area contributed by atoms with Gasteiger partial charge >= 0.3 is 0 Å². The fourth-order valence-electron chi connectivity index (χ4n) is 4.08. The Labute approximate surface area is 88.3 Å². The van der Waals surface area contributed by atoms with Gasteiger partial charge in [0, 0.05) is 0 Å². The lowest BCUT2D eigenvalue weighted by Gasteiger charge is -2.39. The molecule has 1 heterocycles. The van der Waals surface area contributed by atoms with Crippen molar-refractivity contribution < 1.29 is 0 Å². The quantitative estimate of drug-likeness (QED) is 0.472. The average Bonchev–Trinajstić information content (AvgIpc) is 2.83. The maximum absolute atomic E-state index is 2.76. The van der Waals surface area contributed by atoms with E-state index < -0.39 is 8.24 Å². The van der Waals surface area contributed by atoms with Crippen LogP contribution in [0.25, 0.3) is 0 Å². The minimum atomic E-state index is -1.03. The molecule has 0 N–H and O–H groups in total. The average molecular weight is 207 g/mol. The van der Waals surface area contributed by atoms with Crippen LogP contribution in [0, 0.1) is 11.8 Å². The highest BCUT2D eigenvalue weighted by molar-refractivity contribution is 6.78. The lowest BCUT2D eigenvalue weighted by molar-refractivity contribution is 0.517. The number of allylic oxidation sites excluding steroid dienone is 2. The summed E-state index contributed by atoms with van der Waals surface area (Å²) in [6.45, 7) is 4.01. The number of fused-ring (bicyclic) bond motifs is 2. The van der Waals surface area contributed by atoms with E-state index in [4.69, 9.17) is 0 Å². The predicted molar refractivity (Wildman–Crippen MR) is 62.8 cm³/mol. The highest BCUT2D eigenvalue weighted by Gasteiger charge is 2.51. The normalized spacial score (nSPS) is 52.0. The summed E-state index contributed by atoms with van der Waals surface area (Å²) in [4.78, 5) is 0. The van der Waals surface area contributed by atoms with Gasteiger partial charge in [-0.1, -0.05) is 18.7 Å². The molecule has 1 saturated heterocycles. The Hall–Kier alpha value is -0.0831. The molecule has 1 nitrogen and oxygen atoms in total. The predicted octanol–water partition coefficient (Wildman–Crippen LogP) is 2.86. The van der Waals surface area contributed by atoms with Crippen LogP contribution < -0.4 is 0 Å². The second-order valence-electron chi connectivity index (χ2n) is 5.77. The molecule has 0 aromatic heterocycles. The zero-order chi connectivity index (χ0) is 9.76. The van der Waals surface area contributed by atoms with E-state index in [2.05, 4.69) is 30.3 Å². The van der Waals surface area contributed by atoms with Crippen molar-refractivity contribution in [1.29, 1.82) is 0 Å². The molecule has 1 aliphatic heterocycles. The molecule has 2 bridgehead atoms. The molecule has 3 aliphatic rings. The van der Waals surface area contributed by atoms with E-state index in [0.717, 1.165) is 17.4 Å². The van der Waals surface area contributed by atoms with Crippen molar-refractivity contribution in [2.45, 2.75) is 37.4 Å². The molecular weight excluding hydrogens is 186 g/mol. The molecule has 4 atom stereocenters. The molecule has 0 radical (unpaired) electrons. The van der Waals surface area contributed by atoms with Gasteiger partial charge in [0.1, 0.15) is 8.24 Å². The summed E-state index contributed by atoms with van der Waals surface area (Å²) in [5.74, 6) is 1.93.